The van der Waals surface area contributed by atoms with Crippen molar-refractivity contribution >= 4 is 34.1 Å². The number of aliphatic imine (C=N–C) groups is 1. The predicted molar refractivity (Wildman–Crippen MR) is 120 cm³/mol. The molecular formula is C22H14N4O4S. The van der Waals surface area contributed by atoms with Crippen LogP contribution in [0, 0.1) is 20.2 Å². The van der Waals surface area contributed by atoms with Crippen LogP contribution >= 0.6 is 11.3 Å². The topological polar surface area (TPSA) is 112 Å². The molecule has 1 aromatic heterocycles. The van der Waals surface area contributed by atoms with Crippen LogP contribution in [0.2, 0.25) is 0 Å². The molecule has 0 aliphatic rings. The number of para-hydroxylation sites is 1. The second-order valence-electron chi connectivity index (χ2n) is 6.42. The second kappa shape index (κ2) is 8.64. The van der Waals surface area contributed by atoms with E-state index in [0.717, 1.165) is 16.0 Å². The van der Waals surface area contributed by atoms with Gasteiger partial charge in [0.15, 0.2) is 0 Å². The fourth-order valence-electron chi connectivity index (χ4n) is 2.97. The zero-order valence-corrected chi connectivity index (χ0v) is 16.7. The first kappa shape index (κ1) is 20.0. The largest absolute Gasteiger partial charge is 0.278 e. The monoisotopic (exact) mass is 430 g/mol. The van der Waals surface area contributed by atoms with Gasteiger partial charge in [0.25, 0.3) is 11.4 Å². The molecule has 9 heteroatoms. The third kappa shape index (κ3) is 4.36. The van der Waals surface area contributed by atoms with Gasteiger partial charge >= 0.3 is 0 Å². The summed E-state index contributed by atoms with van der Waals surface area (Å²) in [5, 5.41) is 22.6. The summed E-state index contributed by atoms with van der Waals surface area (Å²) < 4.78 is 0. The van der Waals surface area contributed by atoms with Crippen molar-refractivity contribution in [2.24, 2.45) is 4.99 Å². The SMILES string of the molecule is O=[N+]([O-])c1ccc(-c2sc(N=Cc3ccccc3[N+](=O)[O-])nc2-c2ccccc2)cc1. The molecule has 0 aliphatic carbocycles. The van der Waals surface area contributed by atoms with E-state index in [1.807, 2.05) is 30.3 Å². The molecule has 0 saturated carbocycles. The number of nitro groups is 2. The van der Waals surface area contributed by atoms with Crippen LogP contribution in [0.3, 0.4) is 0 Å². The van der Waals surface area contributed by atoms with Crippen LogP contribution in [-0.4, -0.2) is 21.0 Å². The van der Waals surface area contributed by atoms with E-state index in [2.05, 4.69) is 9.98 Å². The number of nitro benzene ring substituents is 2. The van der Waals surface area contributed by atoms with Gasteiger partial charge in [0.05, 0.1) is 26.0 Å². The first-order valence-electron chi connectivity index (χ1n) is 9.11. The molecule has 0 N–H and O–H groups in total. The van der Waals surface area contributed by atoms with Gasteiger partial charge in [-0.25, -0.2) is 9.98 Å². The lowest BCUT2D eigenvalue weighted by Crippen LogP contribution is -1.93. The Kier molecular flexibility index (Phi) is 5.59. The summed E-state index contributed by atoms with van der Waals surface area (Å²) in [5.74, 6) is 0. The molecule has 0 aliphatic heterocycles. The molecule has 4 rings (SSSR count). The van der Waals surface area contributed by atoms with Crippen LogP contribution in [-0.2, 0) is 0 Å². The molecule has 1 heterocycles. The Morgan fingerprint density at radius 1 is 0.806 bits per heavy atom. The van der Waals surface area contributed by atoms with Crippen LogP contribution in [0.25, 0.3) is 21.7 Å². The van der Waals surface area contributed by atoms with Crippen molar-refractivity contribution in [1.29, 1.82) is 0 Å². The van der Waals surface area contributed by atoms with E-state index in [0.29, 0.717) is 16.4 Å². The summed E-state index contributed by atoms with van der Waals surface area (Å²) >= 11 is 1.31. The summed E-state index contributed by atoms with van der Waals surface area (Å²) in [6.07, 6.45) is 1.42. The minimum absolute atomic E-state index is 0.00385. The smallest absolute Gasteiger partial charge is 0.258 e. The number of nitrogens with zero attached hydrogens (tertiary/aromatic N) is 4. The molecule has 0 radical (unpaired) electrons. The molecule has 0 amide bonds. The van der Waals surface area contributed by atoms with Gasteiger partial charge in [-0.15, -0.1) is 0 Å². The number of rotatable bonds is 6. The Morgan fingerprint density at radius 3 is 2.16 bits per heavy atom. The maximum atomic E-state index is 11.2. The van der Waals surface area contributed by atoms with Gasteiger partial charge in [0.1, 0.15) is 0 Å². The van der Waals surface area contributed by atoms with Gasteiger partial charge in [0, 0.05) is 30.0 Å². The van der Waals surface area contributed by atoms with Crippen LogP contribution in [0.15, 0.2) is 83.9 Å². The van der Waals surface area contributed by atoms with E-state index in [1.54, 1.807) is 30.3 Å². The minimum atomic E-state index is -0.457. The van der Waals surface area contributed by atoms with Crippen molar-refractivity contribution in [2.75, 3.05) is 0 Å². The zero-order chi connectivity index (χ0) is 21.8. The van der Waals surface area contributed by atoms with Crippen molar-refractivity contribution in [2.45, 2.75) is 0 Å². The Labute approximate surface area is 180 Å². The first-order chi connectivity index (χ1) is 15.0. The van der Waals surface area contributed by atoms with Crippen LogP contribution in [0.4, 0.5) is 16.5 Å². The molecule has 0 bridgehead atoms. The maximum Gasteiger partial charge on any atom is 0.278 e. The molecule has 3 aromatic carbocycles. The van der Waals surface area contributed by atoms with Gasteiger partial charge in [-0.1, -0.05) is 53.8 Å². The van der Waals surface area contributed by atoms with Gasteiger partial charge < -0.3 is 0 Å². The molecular weight excluding hydrogens is 416 g/mol. The Balaban J connectivity index is 1.77. The third-order valence-corrected chi connectivity index (χ3v) is 5.46. The summed E-state index contributed by atoms with van der Waals surface area (Å²) in [7, 11) is 0. The molecule has 0 saturated heterocycles. The van der Waals surface area contributed by atoms with Crippen molar-refractivity contribution < 1.29 is 9.85 Å². The lowest BCUT2D eigenvalue weighted by Gasteiger charge is -2.02. The number of hydrogen-bond acceptors (Lipinski definition) is 7. The number of hydrogen-bond donors (Lipinski definition) is 0. The van der Waals surface area contributed by atoms with Gasteiger partial charge in [-0.3, -0.25) is 20.2 Å². The van der Waals surface area contributed by atoms with Gasteiger partial charge in [-0.2, -0.15) is 0 Å². The Bertz CT molecular complexity index is 1280. The van der Waals surface area contributed by atoms with Crippen molar-refractivity contribution in [3.8, 4) is 21.7 Å². The number of non-ortho nitro benzene ring substituents is 1. The predicted octanol–water partition coefficient (Wildman–Crippen LogP) is 6.04. The molecule has 152 valence electrons. The lowest BCUT2D eigenvalue weighted by atomic mass is 10.1. The molecule has 0 unspecified atom stereocenters. The van der Waals surface area contributed by atoms with Gasteiger partial charge in [0.2, 0.25) is 5.13 Å². The highest BCUT2D eigenvalue weighted by Crippen LogP contribution is 2.40. The third-order valence-electron chi connectivity index (χ3n) is 4.45. The molecule has 0 fully saturated rings. The number of aromatic nitrogens is 1. The highest BCUT2D eigenvalue weighted by molar-refractivity contribution is 7.19. The summed E-state index contributed by atoms with van der Waals surface area (Å²) in [6.45, 7) is 0. The minimum Gasteiger partial charge on any atom is -0.258 e. The fourth-order valence-corrected chi connectivity index (χ4v) is 3.91. The standard InChI is InChI=1S/C22H14N4O4S/c27-25(28)18-12-10-16(11-13-18)21-20(15-6-2-1-3-7-15)24-22(31-21)23-14-17-8-4-5-9-19(17)26(29)30/h1-14H. The van der Waals surface area contributed by atoms with Crippen LogP contribution < -0.4 is 0 Å². The van der Waals surface area contributed by atoms with Gasteiger partial charge in [-0.05, 0) is 23.8 Å². The normalized spacial score (nSPS) is 11.0. The van der Waals surface area contributed by atoms with E-state index in [4.69, 9.17) is 0 Å². The highest BCUT2D eigenvalue weighted by atomic mass is 32.1. The van der Waals surface area contributed by atoms with Crippen molar-refractivity contribution in [3.63, 3.8) is 0 Å². The summed E-state index contributed by atoms with van der Waals surface area (Å²) in [5.41, 5.74) is 2.68. The van der Waals surface area contributed by atoms with E-state index in [-0.39, 0.29) is 11.4 Å². The van der Waals surface area contributed by atoms with E-state index in [9.17, 15) is 20.2 Å². The van der Waals surface area contributed by atoms with Crippen LogP contribution in [0.1, 0.15) is 5.56 Å². The summed E-state index contributed by atoms with van der Waals surface area (Å²) in [6, 6.07) is 22.1. The lowest BCUT2D eigenvalue weighted by molar-refractivity contribution is -0.385. The van der Waals surface area contributed by atoms with Crippen molar-refractivity contribution in [3.05, 3.63) is 105 Å². The Hall–Kier alpha value is -4.24. The fraction of sp³-hybridized carbons (Fsp3) is 0. The average Bonchev–Trinajstić information content (AvgIpc) is 3.23. The maximum absolute atomic E-state index is 11.2. The average molecular weight is 430 g/mol. The molecule has 31 heavy (non-hydrogen) atoms. The van der Waals surface area contributed by atoms with Crippen LogP contribution in [0.5, 0.6) is 0 Å². The van der Waals surface area contributed by atoms with Crippen molar-refractivity contribution in [1.82, 2.24) is 4.98 Å². The molecule has 0 spiro atoms. The highest BCUT2D eigenvalue weighted by Gasteiger charge is 2.16. The second-order valence-corrected chi connectivity index (χ2v) is 7.40. The number of benzene rings is 3. The molecule has 4 aromatic rings. The van der Waals surface area contributed by atoms with E-state index < -0.39 is 9.85 Å². The zero-order valence-electron chi connectivity index (χ0n) is 15.9. The number of thiazole rings is 1. The summed E-state index contributed by atoms with van der Waals surface area (Å²) in [4.78, 5) is 31.1. The van der Waals surface area contributed by atoms with E-state index in [1.165, 1.54) is 35.8 Å². The quantitative estimate of drug-likeness (QED) is 0.210. The van der Waals surface area contributed by atoms with E-state index >= 15 is 0 Å². The molecule has 8 nitrogen and oxygen atoms in total. The molecule has 0 atom stereocenters. The first-order valence-corrected chi connectivity index (χ1v) is 9.93. The Morgan fingerprint density at radius 2 is 1.48 bits per heavy atom.